The fourth-order valence-corrected chi connectivity index (χ4v) is 6.85. The minimum absolute atomic E-state index is 0.00293. The van der Waals surface area contributed by atoms with E-state index in [9.17, 15) is 24.0 Å². The highest BCUT2D eigenvalue weighted by atomic mass is 16.5. The molecule has 0 radical (unpaired) electrons. The van der Waals surface area contributed by atoms with Crippen LogP contribution in [0.1, 0.15) is 79.7 Å². The fraction of sp³-hybridized carbons (Fsp3) is 0.711. The number of nitrogens with one attached hydrogen (secondary N) is 3. The Hall–Kier alpha value is -3.55. The van der Waals surface area contributed by atoms with E-state index in [-0.39, 0.29) is 48.4 Å². The number of carbonyl (C=O) groups is 5. The number of primary amides is 1. The number of nitrogens with two attached hydrogens (primary N) is 1. The van der Waals surface area contributed by atoms with Gasteiger partial charge in [-0.05, 0) is 51.1 Å². The standard InChI is InChI=1S/C38H64N6O7/c1-12-24(4)32(43(9)36(48)31(23(2)3)42-37(49)38(6,7)40-8)29(50-10)22-30(45)44-20-16-19-28(44)33(51-11)25(5)35(47)41-27(34(39)46)21-26-17-14-13-15-18-26/h13-15,17-18,23-25,27-29,31-33,40H,12,16,19-22H2,1-11H3,(H2,39,46)(H,41,47)(H,42,49). The molecule has 13 nitrogen and oxygen atoms in total. The second-order valence-corrected chi connectivity index (χ2v) is 14.8. The quantitative estimate of drug-likeness (QED) is 0.159. The molecule has 2 rings (SSSR count). The molecule has 0 aromatic heterocycles. The summed E-state index contributed by atoms with van der Waals surface area (Å²) >= 11 is 0. The zero-order valence-corrected chi connectivity index (χ0v) is 32.7. The van der Waals surface area contributed by atoms with Crippen LogP contribution in [0.2, 0.25) is 0 Å². The maximum Gasteiger partial charge on any atom is 0.245 e. The lowest BCUT2D eigenvalue weighted by Crippen LogP contribution is -2.61. The highest BCUT2D eigenvalue weighted by Gasteiger charge is 2.43. The molecule has 8 unspecified atom stereocenters. The van der Waals surface area contributed by atoms with E-state index >= 15 is 0 Å². The Labute approximate surface area is 305 Å². The van der Waals surface area contributed by atoms with Crippen molar-refractivity contribution in [1.82, 2.24) is 25.8 Å². The summed E-state index contributed by atoms with van der Waals surface area (Å²) in [6.45, 7) is 13.5. The van der Waals surface area contributed by atoms with Crippen molar-refractivity contribution in [3.63, 3.8) is 0 Å². The number of nitrogens with zero attached hydrogens (tertiary/aromatic N) is 2. The summed E-state index contributed by atoms with van der Waals surface area (Å²) < 4.78 is 11.9. The second-order valence-electron chi connectivity index (χ2n) is 14.8. The molecule has 1 aliphatic rings. The maximum absolute atomic E-state index is 14.1. The van der Waals surface area contributed by atoms with Crippen LogP contribution in [0, 0.1) is 17.8 Å². The van der Waals surface area contributed by atoms with E-state index in [1.54, 1.807) is 51.8 Å². The number of ether oxygens (including phenoxy) is 2. The molecule has 0 aliphatic carbocycles. The van der Waals surface area contributed by atoms with Crippen LogP contribution >= 0.6 is 0 Å². The van der Waals surface area contributed by atoms with Crippen molar-refractivity contribution in [2.24, 2.45) is 23.5 Å². The van der Waals surface area contributed by atoms with Crippen molar-refractivity contribution >= 4 is 29.5 Å². The van der Waals surface area contributed by atoms with Gasteiger partial charge in [0.2, 0.25) is 29.5 Å². The summed E-state index contributed by atoms with van der Waals surface area (Å²) in [7, 11) is 6.46. The first kappa shape index (κ1) is 43.6. The zero-order valence-electron chi connectivity index (χ0n) is 32.7. The molecule has 5 amide bonds. The van der Waals surface area contributed by atoms with Gasteiger partial charge in [0.25, 0.3) is 0 Å². The van der Waals surface area contributed by atoms with Crippen LogP contribution < -0.4 is 21.7 Å². The van der Waals surface area contributed by atoms with Crippen LogP contribution in [0.15, 0.2) is 30.3 Å². The predicted molar refractivity (Wildman–Crippen MR) is 197 cm³/mol. The molecule has 288 valence electrons. The number of likely N-dealkylation sites (N-methyl/N-ethyl adjacent to an activating group) is 2. The minimum atomic E-state index is -0.903. The van der Waals surface area contributed by atoms with E-state index in [2.05, 4.69) is 16.0 Å². The van der Waals surface area contributed by atoms with Crippen molar-refractivity contribution in [3.8, 4) is 0 Å². The molecule has 0 bridgehead atoms. The first-order valence-electron chi connectivity index (χ1n) is 18.2. The third kappa shape index (κ3) is 11.5. The number of amides is 5. The monoisotopic (exact) mass is 716 g/mol. The lowest BCUT2D eigenvalue weighted by atomic mass is 9.89. The van der Waals surface area contributed by atoms with Crippen LogP contribution in [-0.2, 0) is 39.9 Å². The topological polar surface area (TPSA) is 172 Å². The Morgan fingerprint density at radius 3 is 2.16 bits per heavy atom. The number of hydrogen-bond acceptors (Lipinski definition) is 8. The van der Waals surface area contributed by atoms with Gasteiger partial charge in [0.05, 0.1) is 42.2 Å². The van der Waals surface area contributed by atoms with Crippen LogP contribution in [0.3, 0.4) is 0 Å². The Balaban J connectivity index is 2.26. The zero-order chi connectivity index (χ0) is 38.6. The van der Waals surface area contributed by atoms with Gasteiger partial charge in [0.1, 0.15) is 12.1 Å². The molecule has 0 spiro atoms. The maximum atomic E-state index is 14.1. The largest absolute Gasteiger partial charge is 0.379 e. The number of likely N-dealkylation sites (tertiary alicyclic amines) is 1. The van der Waals surface area contributed by atoms with Crippen molar-refractivity contribution in [3.05, 3.63) is 35.9 Å². The van der Waals surface area contributed by atoms with E-state index in [0.29, 0.717) is 13.0 Å². The Morgan fingerprint density at radius 2 is 1.65 bits per heavy atom. The van der Waals surface area contributed by atoms with Gasteiger partial charge < -0.3 is 41.0 Å². The smallest absolute Gasteiger partial charge is 0.245 e. The Bertz CT molecular complexity index is 1310. The van der Waals surface area contributed by atoms with Crippen molar-refractivity contribution in [2.45, 2.75) is 122 Å². The molecule has 1 fully saturated rings. The lowest BCUT2D eigenvalue weighted by Gasteiger charge is -2.41. The second kappa shape index (κ2) is 19.9. The predicted octanol–water partition coefficient (Wildman–Crippen LogP) is 2.26. The van der Waals surface area contributed by atoms with Crippen molar-refractivity contribution < 1.29 is 33.4 Å². The third-order valence-corrected chi connectivity index (χ3v) is 10.6. The van der Waals surface area contributed by atoms with Gasteiger partial charge in [-0.15, -0.1) is 0 Å². The van der Waals surface area contributed by atoms with E-state index in [0.717, 1.165) is 18.4 Å². The van der Waals surface area contributed by atoms with Gasteiger partial charge in [0.15, 0.2) is 0 Å². The van der Waals surface area contributed by atoms with Crippen molar-refractivity contribution in [2.75, 3.05) is 34.9 Å². The van der Waals surface area contributed by atoms with Gasteiger partial charge in [-0.1, -0.05) is 71.4 Å². The normalized spacial score (nSPS) is 19.0. The molecule has 51 heavy (non-hydrogen) atoms. The molecule has 5 N–H and O–H groups in total. The number of rotatable bonds is 20. The number of carbonyl (C=O) groups excluding carboxylic acids is 5. The molecular weight excluding hydrogens is 652 g/mol. The number of methoxy groups -OCH3 is 2. The average molecular weight is 717 g/mol. The Kier molecular flexibility index (Phi) is 17.0. The van der Waals surface area contributed by atoms with Crippen LogP contribution in [0.5, 0.6) is 0 Å². The molecule has 8 atom stereocenters. The van der Waals surface area contributed by atoms with Gasteiger partial charge in [0, 0.05) is 34.2 Å². The van der Waals surface area contributed by atoms with Crippen LogP contribution in [0.25, 0.3) is 0 Å². The first-order valence-corrected chi connectivity index (χ1v) is 18.2. The first-order chi connectivity index (χ1) is 23.9. The summed E-state index contributed by atoms with van der Waals surface area (Å²) in [6, 6.07) is 6.77. The summed E-state index contributed by atoms with van der Waals surface area (Å²) in [5.74, 6) is -2.67. The van der Waals surface area contributed by atoms with Gasteiger partial charge in [-0.25, -0.2) is 0 Å². The Morgan fingerprint density at radius 1 is 1.02 bits per heavy atom. The van der Waals surface area contributed by atoms with E-state index in [1.165, 1.54) is 7.11 Å². The number of benzene rings is 1. The molecule has 1 aliphatic heterocycles. The molecule has 13 heteroatoms. The molecule has 1 aromatic rings. The SMILES string of the molecule is CCC(C)C(C(CC(=O)N1CCCC1C(OC)C(C)C(=O)NC(Cc1ccccc1)C(N)=O)OC)N(C)C(=O)C(NC(=O)C(C)(C)NC)C(C)C. The fourth-order valence-electron chi connectivity index (χ4n) is 6.85. The third-order valence-electron chi connectivity index (χ3n) is 10.6. The lowest BCUT2D eigenvalue weighted by molar-refractivity contribution is -0.148. The van der Waals surface area contributed by atoms with Crippen molar-refractivity contribution in [1.29, 1.82) is 0 Å². The molecule has 1 aromatic carbocycles. The van der Waals surface area contributed by atoms with Crippen LogP contribution in [0.4, 0.5) is 0 Å². The van der Waals surface area contributed by atoms with E-state index in [1.807, 2.05) is 58.0 Å². The summed E-state index contributed by atoms with van der Waals surface area (Å²) in [4.78, 5) is 70.4. The van der Waals surface area contributed by atoms with Gasteiger partial charge in [-0.2, -0.15) is 0 Å². The molecule has 1 heterocycles. The average Bonchev–Trinajstić information content (AvgIpc) is 3.59. The minimum Gasteiger partial charge on any atom is -0.379 e. The highest BCUT2D eigenvalue weighted by Crippen LogP contribution is 2.29. The molecule has 1 saturated heterocycles. The molecular formula is C38H64N6O7. The molecule has 0 saturated carbocycles. The van der Waals surface area contributed by atoms with Gasteiger partial charge >= 0.3 is 0 Å². The summed E-state index contributed by atoms with van der Waals surface area (Å²) in [6.07, 6.45) is 1.06. The van der Waals surface area contributed by atoms with E-state index in [4.69, 9.17) is 15.2 Å². The van der Waals surface area contributed by atoms with Gasteiger partial charge in [-0.3, -0.25) is 24.0 Å². The number of hydrogen-bond donors (Lipinski definition) is 4. The highest BCUT2D eigenvalue weighted by molar-refractivity contribution is 5.92. The van der Waals surface area contributed by atoms with Crippen LogP contribution in [-0.4, -0.2) is 116 Å². The summed E-state index contributed by atoms with van der Waals surface area (Å²) in [5.41, 5.74) is 5.65. The summed E-state index contributed by atoms with van der Waals surface area (Å²) in [5, 5.41) is 8.72. The van der Waals surface area contributed by atoms with E-state index < -0.39 is 53.6 Å².